The van der Waals surface area contributed by atoms with Crippen LogP contribution in [0.25, 0.3) is 0 Å². The lowest BCUT2D eigenvalue weighted by molar-refractivity contribution is -0.119. The minimum absolute atomic E-state index is 0.0828. The lowest BCUT2D eigenvalue weighted by atomic mass is 9.51. The minimum atomic E-state index is -0.229. The summed E-state index contributed by atoms with van der Waals surface area (Å²) >= 11 is 0. The molecule has 3 fully saturated rings. The molecule has 4 rings (SSSR count). The average molecular weight is 328 g/mol. The van der Waals surface area contributed by atoms with E-state index in [9.17, 15) is 9.90 Å². The Bertz CT molecular complexity index is 601. The van der Waals surface area contributed by atoms with E-state index in [0.29, 0.717) is 17.6 Å². The first-order valence-electron chi connectivity index (χ1n) is 10.1. The number of carbonyl (C=O) groups is 1. The predicted molar refractivity (Wildman–Crippen MR) is 96.4 cm³/mol. The maximum absolute atomic E-state index is 12.1. The molecule has 132 valence electrons. The molecule has 3 saturated carbocycles. The van der Waals surface area contributed by atoms with Crippen molar-refractivity contribution in [1.29, 1.82) is 0 Å². The normalized spacial score (nSPS) is 49.4. The second kappa shape index (κ2) is 5.83. The highest BCUT2D eigenvalue weighted by atomic mass is 16.3. The molecule has 24 heavy (non-hydrogen) atoms. The number of aliphatic hydroxyl groups excluding tert-OH is 1. The van der Waals surface area contributed by atoms with Gasteiger partial charge in [-0.15, -0.1) is 0 Å². The SMILES string of the molecule is CCC=C1C[C@H]2[C@@H]3CCC4=CC(=O)C(C)C[C@@H]4[C@H]3CC[C@]2(C)[C@H]1O. The van der Waals surface area contributed by atoms with Crippen LogP contribution in [0.5, 0.6) is 0 Å². The quantitative estimate of drug-likeness (QED) is 0.710. The van der Waals surface area contributed by atoms with Crippen LogP contribution in [0.15, 0.2) is 23.3 Å². The largest absolute Gasteiger partial charge is 0.388 e. The highest BCUT2D eigenvalue weighted by Crippen LogP contribution is 2.63. The maximum atomic E-state index is 12.1. The fraction of sp³-hybridized carbons (Fsp3) is 0.773. The zero-order chi connectivity index (χ0) is 17.1. The molecule has 4 aliphatic rings. The summed E-state index contributed by atoms with van der Waals surface area (Å²) in [5.74, 6) is 3.31. The van der Waals surface area contributed by atoms with Gasteiger partial charge in [0.2, 0.25) is 0 Å². The second-order valence-corrected chi connectivity index (χ2v) is 9.18. The van der Waals surface area contributed by atoms with Crippen LogP contribution in [0.1, 0.15) is 65.7 Å². The van der Waals surface area contributed by atoms with E-state index in [-0.39, 0.29) is 17.4 Å². The molecular weight excluding hydrogens is 296 g/mol. The van der Waals surface area contributed by atoms with Crippen molar-refractivity contribution in [2.45, 2.75) is 71.8 Å². The Morgan fingerprint density at radius 2 is 2.12 bits per heavy atom. The van der Waals surface area contributed by atoms with Crippen molar-refractivity contribution < 1.29 is 9.90 Å². The van der Waals surface area contributed by atoms with Crippen LogP contribution in [0, 0.1) is 35.0 Å². The van der Waals surface area contributed by atoms with Gasteiger partial charge in [-0.05, 0) is 80.3 Å². The van der Waals surface area contributed by atoms with Gasteiger partial charge in [0.05, 0.1) is 6.10 Å². The van der Waals surface area contributed by atoms with Crippen molar-refractivity contribution in [2.75, 3.05) is 0 Å². The van der Waals surface area contributed by atoms with Crippen molar-refractivity contribution >= 4 is 5.78 Å². The van der Waals surface area contributed by atoms with Gasteiger partial charge in [-0.25, -0.2) is 0 Å². The summed E-state index contributed by atoms with van der Waals surface area (Å²) in [5.41, 5.74) is 2.84. The standard InChI is InChI=1S/C22H32O2/c1-4-5-15-11-19-17-7-6-14-12-20(23)13(2)10-18(14)16(17)8-9-22(19,3)21(15)24/h5,12-13,16-19,21,24H,4,6-11H2,1-3H3/t13?,16-,17+,18-,19-,21-,22-/m0/s1. The van der Waals surface area contributed by atoms with Gasteiger partial charge < -0.3 is 5.11 Å². The summed E-state index contributed by atoms with van der Waals surface area (Å²) in [7, 11) is 0. The number of ketones is 1. The summed E-state index contributed by atoms with van der Waals surface area (Å²) < 4.78 is 0. The molecule has 0 radical (unpaired) electrons. The molecule has 0 saturated heterocycles. The van der Waals surface area contributed by atoms with Gasteiger partial charge in [0, 0.05) is 11.3 Å². The van der Waals surface area contributed by atoms with E-state index in [1.807, 2.05) is 6.08 Å². The van der Waals surface area contributed by atoms with E-state index in [4.69, 9.17) is 0 Å². The molecule has 0 aromatic heterocycles. The summed E-state index contributed by atoms with van der Waals surface area (Å²) in [6, 6.07) is 0. The molecule has 2 nitrogen and oxygen atoms in total. The van der Waals surface area contributed by atoms with E-state index >= 15 is 0 Å². The molecule has 0 spiro atoms. The Morgan fingerprint density at radius 1 is 1.33 bits per heavy atom. The predicted octanol–water partition coefficient (Wildman–Crippen LogP) is 4.68. The minimum Gasteiger partial charge on any atom is -0.388 e. The first-order chi connectivity index (χ1) is 11.5. The molecule has 0 aromatic rings. The molecule has 0 bridgehead atoms. The highest BCUT2D eigenvalue weighted by molar-refractivity contribution is 5.93. The molecule has 1 unspecified atom stereocenters. The van der Waals surface area contributed by atoms with Crippen molar-refractivity contribution in [3.63, 3.8) is 0 Å². The Kier molecular flexibility index (Phi) is 4.03. The molecule has 2 heteroatoms. The fourth-order valence-electron chi connectivity index (χ4n) is 6.67. The highest BCUT2D eigenvalue weighted by Gasteiger charge is 2.57. The Balaban J connectivity index is 1.64. The smallest absolute Gasteiger partial charge is 0.158 e. The molecule has 4 aliphatic carbocycles. The van der Waals surface area contributed by atoms with E-state index in [1.54, 1.807) is 0 Å². The number of aliphatic hydroxyl groups is 1. The summed E-state index contributed by atoms with van der Waals surface area (Å²) in [4.78, 5) is 12.1. The average Bonchev–Trinajstić information content (AvgIpc) is 2.81. The number of rotatable bonds is 1. The zero-order valence-corrected chi connectivity index (χ0v) is 15.4. The molecule has 0 aromatic carbocycles. The molecule has 0 aliphatic heterocycles. The first kappa shape index (κ1) is 16.6. The summed E-state index contributed by atoms with van der Waals surface area (Å²) in [6.07, 6.45) is 12.0. The van der Waals surface area contributed by atoms with E-state index < -0.39 is 0 Å². The van der Waals surface area contributed by atoms with Gasteiger partial charge in [-0.1, -0.05) is 32.4 Å². The Morgan fingerprint density at radius 3 is 2.88 bits per heavy atom. The molecule has 0 heterocycles. The van der Waals surface area contributed by atoms with E-state index in [2.05, 4.69) is 26.8 Å². The number of hydrogen-bond donors (Lipinski definition) is 1. The number of carbonyl (C=O) groups excluding carboxylic acids is 1. The third-order valence-corrected chi connectivity index (χ3v) is 8.01. The van der Waals surface area contributed by atoms with Gasteiger partial charge in [0.25, 0.3) is 0 Å². The molecule has 1 N–H and O–H groups in total. The topological polar surface area (TPSA) is 37.3 Å². The van der Waals surface area contributed by atoms with Gasteiger partial charge in [-0.2, -0.15) is 0 Å². The zero-order valence-electron chi connectivity index (χ0n) is 15.4. The van der Waals surface area contributed by atoms with E-state index in [0.717, 1.165) is 43.9 Å². The number of allylic oxidation sites excluding steroid dienone is 2. The van der Waals surface area contributed by atoms with Crippen LogP contribution >= 0.6 is 0 Å². The molecular formula is C22H32O2. The van der Waals surface area contributed by atoms with Crippen LogP contribution in [-0.2, 0) is 4.79 Å². The van der Waals surface area contributed by atoms with Gasteiger partial charge in [-0.3, -0.25) is 4.79 Å². The first-order valence-corrected chi connectivity index (χ1v) is 10.1. The van der Waals surface area contributed by atoms with E-state index in [1.165, 1.54) is 24.0 Å². The van der Waals surface area contributed by atoms with Gasteiger partial charge in [0.15, 0.2) is 5.78 Å². The van der Waals surface area contributed by atoms with Crippen molar-refractivity contribution in [2.24, 2.45) is 35.0 Å². The fourth-order valence-corrected chi connectivity index (χ4v) is 6.67. The third-order valence-electron chi connectivity index (χ3n) is 8.01. The van der Waals surface area contributed by atoms with Gasteiger partial charge in [0.1, 0.15) is 0 Å². The third kappa shape index (κ3) is 2.29. The van der Waals surface area contributed by atoms with Crippen LogP contribution in [-0.4, -0.2) is 17.0 Å². The van der Waals surface area contributed by atoms with Crippen molar-refractivity contribution in [3.05, 3.63) is 23.3 Å². The second-order valence-electron chi connectivity index (χ2n) is 9.18. The van der Waals surface area contributed by atoms with Crippen LogP contribution in [0.4, 0.5) is 0 Å². The van der Waals surface area contributed by atoms with Gasteiger partial charge >= 0.3 is 0 Å². The number of hydrogen-bond acceptors (Lipinski definition) is 2. The molecule has 7 atom stereocenters. The maximum Gasteiger partial charge on any atom is 0.158 e. The lowest BCUT2D eigenvalue weighted by Gasteiger charge is -2.53. The van der Waals surface area contributed by atoms with Crippen molar-refractivity contribution in [3.8, 4) is 0 Å². The van der Waals surface area contributed by atoms with Crippen LogP contribution in [0.2, 0.25) is 0 Å². The molecule has 0 amide bonds. The van der Waals surface area contributed by atoms with Crippen molar-refractivity contribution in [1.82, 2.24) is 0 Å². The number of fused-ring (bicyclic) bond motifs is 5. The summed E-state index contributed by atoms with van der Waals surface area (Å²) in [6.45, 7) is 6.62. The Labute approximate surface area is 146 Å². The monoisotopic (exact) mass is 328 g/mol. The summed E-state index contributed by atoms with van der Waals surface area (Å²) in [5, 5.41) is 10.9. The lowest BCUT2D eigenvalue weighted by Crippen LogP contribution is -2.48. The van der Waals surface area contributed by atoms with Crippen LogP contribution < -0.4 is 0 Å². The van der Waals surface area contributed by atoms with Crippen LogP contribution in [0.3, 0.4) is 0 Å². The Hall–Kier alpha value is -0.890.